The van der Waals surface area contributed by atoms with Crippen LogP contribution in [0, 0.1) is 17.3 Å². The van der Waals surface area contributed by atoms with Gasteiger partial charge >= 0.3 is 11.9 Å². The molecule has 9 heteroatoms. The van der Waals surface area contributed by atoms with Gasteiger partial charge in [0.1, 0.15) is 12.3 Å². The average molecular weight is 444 g/mol. The van der Waals surface area contributed by atoms with E-state index in [1.54, 1.807) is 45.0 Å². The van der Waals surface area contributed by atoms with Crippen molar-refractivity contribution in [2.75, 3.05) is 13.7 Å². The fraction of sp³-hybridized carbons (Fsp3) is 0.478. The highest BCUT2D eigenvalue weighted by Gasteiger charge is 2.61. The van der Waals surface area contributed by atoms with E-state index in [4.69, 9.17) is 4.74 Å². The molecule has 0 aromatic heterocycles. The van der Waals surface area contributed by atoms with Crippen molar-refractivity contribution in [1.82, 2.24) is 10.2 Å². The van der Waals surface area contributed by atoms with E-state index in [0.717, 1.165) is 0 Å². The number of carbonyl (C=O) groups excluding carboxylic acids is 3. The van der Waals surface area contributed by atoms with Crippen LogP contribution in [0.1, 0.15) is 43.6 Å². The zero-order valence-corrected chi connectivity index (χ0v) is 18.7. The highest BCUT2D eigenvalue weighted by molar-refractivity contribution is 6.07. The zero-order valence-electron chi connectivity index (χ0n) is 18.7. The Kier molecular flexibility index (Phi) is 6.15. The van der Waals surface area contributed by atoms with E-state index in [-0.39, 0.29) is 18.2 Å². The molecule has 2 aliphatic heterocycles. The Hall–Kier alpha value is -3.20. The number of aliphatic hydroxyl groups excluding tert-OH is 1. The van der Waals surface area contributed by atoms with E-state index < -0.39 is 47.2 Å². The minimum Gasteiger partial charge on any atom is -0.477 e. The highest BCUT2D eigenvalue weighted by Crippen LogP contribution is 2.50. The summed E-state index contributed by atoms with van der Waals surface area (Å²) in [5.74, 6) is -3.96. The Morgan fingerprint density at radius 2 is 1.78 bits per heavy atom. The number of esters is 1. The van der Waals surface area contributed by atoms with Crippen LogP contribution < -0.4 is 5.32 Å². The van der Waals surface area contributed by atoms with Gasteiger partial charge in [-0.05, 0) is 51.0 Å². The zero-order chi connectivity index (χ0) is 24.0. The number of aliphatic hydroxyl groups is 1. The normalized spacial score (nSPS) is 23.4. The number of amides is 2. The third-order valence-corrected chi connectivity index (χ3v) is 5.88. The molecular formula is C23H28N2O7. The summed E-state index contributed by atoms with van der Waals surface area (Å²) >= 11 is 0. The van der Waals surface area contributed by atoms with Crippen molar-refractivity contribution in [3.63, 3.8) is 0 Å². The first-order valence-electron chi connectivity index (χ1n) is 10.4. The Labute approximate surface area is 186 Å². The number of carbonyl (C=O) groups is 4. The molecule has 0 spiro atoms. The molecule has 2 amide bonds. The van der Waals surface area contributed by atoms with E-state index in [2.05, 4.69) is 5.32 Å². The number of hydrogen-bond donors (Lipinski definition) is 3. The lowest BCUT2D eigenvalue weighted by atomic mass is 9.76. The Bertz CT molecular complexity index is 989. The van der Waals surface area contributed by atoms with Crippen molar-refractivity contribution < 1.29 is 34.1 Å². The minimum atomic E-state index is -1.29. The lowest BCUT2D eigenvalue weighted by Gasteiger charge is -2.46. The standard InChI is InChI=1S/C23H28N2O7/c1-11(26)15-17-14(10-32-22(31)23(2,3)4)16(18(21(29)30)25(17)20(15)28)12-6-8-13(9-7-12)19(27)24-5/h6-9,11,14-15,17,26H,10H2,1-5H3,(H,24,27)(H,29,30)/t11-,14?,15-,17-/m1/s1. The summed E-state index contributed by atoms with van der Waals surface area (Å²) in [6, 6.07) is 5.68. The van der Waals surface area contributed by atoms with Crippen molar-refractivity contribution >= 4 is 29.3 Å². The van der Waals surface area contributed by atoms with Gasteiger partial charge < -0.3 is 25.2 Å². The molecule has 3 N–H and O–H groups in total. The SMILES string of the molecule is CNC(=O)c1ccc(C2=C(C(=O)O)N3C(=O)[C@H]([C@@H](C)O)[C@H]3C2COC(=O)C(C)(C)C)cc1. The summed E-state index contributed by atoms with van der Waals surface area (Å²) in [7, 11) is 1.50. The molecule has 2 heterocycles. The third kappa shape index (κ3) is 3.88. The van der Waals surface area contributed by atoms with Gasteiger partial charge in [0.2, 0.25) is 5.91 Å². The van der Waals surface area contributed by atoms with Gasteiger partial charge in [-0.25, -0.2) is 4.79 Å². The fourth-order valence-electron chi connectivity index (χ4n) is 4.27. The molecule has 1 unspecified atom stereocenters. The molecular weight excluding hydrogens is 416 g/mol. The molecule has 0 saturated carbocycles. The first-order valence-corrected chi connectivity index (χ1v) is 10.4. The van der Waals surface area contributed by atoms with E-state index >= 15 is 0 Å². The van der Waals surface area contributed by atoms with E-state index in [1.165, 1.54) is 18.9 Å². The quantitative estimate of drug-likeness (QED) is 0.444. The van der Waals surface area contributed by atoms with Gasteiger partial charge in [0.05, 0.1) is 23.5 Å². The van der Waals surface area contributed by atoms with Gasteiger partial charge in [0.25, 0.3) is 5.91 Å². The second-order valence-electron chi connectivity index (χ2n) is 9.14. The number of β-lactam (4-membered cyclic amide) rings is 1. The van der Waals surface area contributed by atoms with Crippen LogP contribution in [0.25, 0.3) is 5.57 Å². The highest BCUT2D eigenvalue weighted by atomic mass is 16.5. The number of nitrogens with zero attached hydrogens (tertiary/aromatic N) is 1. The first-order chi connectivity index (χ1) is 14.9. The van der Waals surface area contributed by atoms with Crippen molar-refractivity contribution in [2.24, 2.45) is 17.3 Å². The Balaban J connectivity index is 2.06. The van der Waals surface area contributed by atoms with Gasteiger partial charge in [0, 0.05) is 18.5 Å². The predicted octanol–water partition coefficient (Wildman–Crippen LogP) is 1.27. The first kappa shape index (κ1) is 23.5. The van der Waals surface area contributed by atoms with Crippen LogP contribution in [0.5, 0.6) is 0 Å². The molecule has 9 nitrogen and oxygen atoms in total. The molecule has 1 saturated heterocycles. The topological polar surface area (TPSA) is 133 Å². The van der Waals surface area contributed by atoms with Crippen LogP contribution in [-0.2, 0) is 19.1 Å². The number of carboxylic acid groups (broad SMARTS) is 1. The fourth-order valence-corrected chi connectivity index (χ4v) is 4.27. The van der Waals surface area contributed by atoms with E-state index in [1.807, 2.05) is 0 Å². The van der Waals surface area contributed by atoms with Gasteiger partial charge in [0.15, 0.2) is 0 Å². The van der Waals surface area contributed by atoms with Gasteiger partial charge in [-0.3, -0.25) is 14.4 Å². The number of nitrogens with one attached hydrogen (secondary N) is 1. The lowest BCUT2D eigenvalue weighted by molar-refractivity contribution is -0.166. The molecule has 1 fully saturated rings. The second-order valence-corrected chi connectivity index (χ2v) is 9.14. The number of carboxylic acids is 1. The van der Waals surface area contributed by atoms with Crippen LogP contribution in [-0.4, -0.2) is 64.7 Å². The number of hydrogen-bond acceptors (Lipinski definition) is 6. The monoisotopic (exact) mass is 444 g/mol. The summed E-state index contributed by atoms with van der Waals surface area (Å²) in [4.78, 5) is 50.3. The van der Waals surface area contributed by atoms with Gasteiger partial charge in [-0.15, -0.1) is 0 Å². The van der Waals surface area contributed by atoms with Crippen LogP contribution in [0.15, 0.2) is 30.0 Å². The van der Waals surface area contributed by atoms with Crippen LogP contribution in [0.4, 0.5) is 0 Å². The summed E-state index contributed by atoms with van der Waals surface area (Å²) < 4.78 is 5.52. The molecule has 1 aromatic carbocycles. The molecule has 32 heavy (non-hydrogen) atoms. The van der Waals surface area contributed by atoms with E-state index in [0.29, 0.717) is 16.7 Å². The van der Waals surface area contributed by atoms with Crippen LogP contribution in [0.3, 0.4) is 0 Å². The Morgan fingerprint density at radius 3 is 2.25 bits per heavy atom. The summed E-state index contributed by atoms with van der Waals surface area (Å²) in [5.41, 5.74) is 0.277. The van der Waals surface area contributed by atoms with Crippen molar-refractivity contribution in [2.45, 2.75) is 39.8 Å². The summed E-state index contributed by atoms with van der Waals surface area (Å²) in [5, 5.41) is 22.6. The molecule has 0 bridgehead atoms. The van der Waals surface area contributed by atoms with E-state index in [9.17, 15) is 29.4 Å². The number of rotatable bonds is 6. The lowest BCUT2D eigenvalue weighted by Crippen LogP contribution is -2.64. The van der Waals surface area contributed by atoms with Gasteiger partial charge in [-0.2, -0.15) is 0 Å². The molecule has 2 aliphatic rings. The van der Waals surface area contributed by atoms with Crippen LogP contribution in [0.2, 0.25) is 0 Å². The smallest absolute Gasteiger partial charge is 0.352 e. The maximum absolute atomic E-state index is 12.7. The minimum absolute atomic E-state index is 0.142. The molecule has 0 aliphatic carbocycles. The van der Waals surface area contributed by atoms with Crippen molar-refractivity contribution in [3.8, 4) is 0 Å². The van der Waals surface area contributed by atoms with Crippen molar-refractivity contribution in [1.29, 1.82) is 0 Å². The summed E-state index contributed by atoms with van der Waals surface area (Å²) in [6.07, 6.45) is -0.991. The Morgan fingerprint density at radius 1 is 1.19 bits per heavy atom. The number of ether oxygens (including phenoxy) is 1. The number of fused-ring (bicyclic) bond motifs is 1. The number of benzene rings is 1. The largest absolute Gasteiger partial charge is 0.477 e. The maximum Gasteiger partial charge on any atom is 0.352 e. The molecule has 3 rings (SSSR count). The predicted molar refractivity (Wildman–Crippen MR) is 114 cm³/mol. The van der Waals surface area contributed by atoms with Crippen molar-refractivity contribution in [3.05, 3.63) is 41.1 Å². The molecule has 172 valence electrons. The third-order valence-electron chi connectivity index (χ3n) is 5.88. The average Bonchev–Trinajstić information content (AvgIpc) is 3.00. The molecule has 0 radical (unpaired) electrons. The molecule has 4 atom stereocenters. The maximum atomic E-state index is 12.7. The summed E-state index contributed by atoms with van der Waals surface area (Å²) in [6.45, 7) is 6.46. The molecule has 1 aromatic rings. The second kappa shape index (κ2) is 8.38. The number of aliphatic carboxylic acids is 1. The van der Waals surface area contributed by atoms with Gasteiger partial charge in [-0.1, -0.05) is 12.1 Å². The van der Waals surface area contributed by atoms with Crippen LogP contribution >= 0.6 is 0 Å².